The van der Waals surface area contributed by atoms with Crippen LogP contribution < -0.4 is 4.74 Å². The first-order valence-corrected chi connectivity index (χ1v) is 5.38. The lowest BCUT2D eigenvalue weighted by atomic mass is 10.1. The van der Waals surface area contributed by atoms with Gasteiger partial charge in [0.05, 0.1) is 0 Å². The first-order chi connectivity index (χ1) is 7.24. The van der Waals surface area contributed by atoms with Crippen LogP contribution in [0.15, 0.2) is 30.4 Å². The highest BCUT2D eigenvalue weighted by atomic mass is 16.5. The van der Waals surface area contributed by atoms with Crippen molar-refractivity contribution in [3.63, 3.8) is 0 Å². The van der Waals surface area contributed by atoms with Gasteiger partial charge in [0, 0.05) is 6.07 Å². The molecule has 0 radical (unpaired) electrons. The molecule has 1 N–H and O–H groups in total. The van der Waals surface area contributed by atoms with Crippen molar-refractivity contribution in [1.82, 2.24) is 0 Å². The summed E-state index contributed by atoms with van der Waals surface area (Å²) in [6, 6.07) is 5.33. The molecule has 0 heterocycles. The van der Waals surface area contributed by atoms with Crippen molar-refractivity contribution in [3.05, 3.63) is 35.9 Å². The van der Waals surface area contributed by atoms with E-state index in [1.165, 1.54) is 6.42 Å². The average Bonchev–Trinajstić information content (AvgIpc) is 2.17. The molecule has 0 bridgehead atoms. The maximum atomic E-state index is 9.43. The monoisotopic (exact) mass is 204 g/mol. The largest absolute Gasteiger partial charge is 0.508 e. The van der Waals surface area contributed by atoms with Gasteiger partial charge in [-0.05, 0) is 50.0 Å². The standard InChI is InChI=1S/C13H16O2/c1-10-7-11(14)9-13(8-10)15-12-5-3-2-4-6-12/h3,5,7-9,12,14H,2,4,6H2,1H3. The molecule has 0 amide bonds. The van der Waals surface area contributed by atoms with Crippen molar-refractivity contribution in [1.29, 1.82) is 0 Å². The van der Waals surface area contributed by atoms with Crippen LogP contribution in [0.1, 0.15) is 24.8 Å². The summed E-state index contributed by atoms with van der Waals surface area (Å²) in [6.07, 6.45) is 7.82. The molecule has 0 spiro atoms. The Bertz CT molecular complexity index is 349. The molecule has 1 aliphatic carbocycles. The van der Waals surface area contributed by atoms with Gasteiger partial charge in [0.1, 0.15) is 17.6 Å². The minimum atomic E-state index is 0.167. The first kappa shape index (κ1) is 10.1. The van der Waals surface area contributed by atoms with Crippen LogP contribution >= 0.6 is 0 Å². The van der Waals surface area contributed by atoms with Gasteiger partial charge >= 0.3 is 0 Å². The summed E-state index contributed by atoms with van der Waals surface area (Å²) in [4.78, 5) is 0. The van der Waals surface area contributed by atoms with Gasteiger partial charge in [-0.3, -0.25) is 0 Å². The number of ether oxygens (including phenoxy) is 1. The van der Waals surface area contributed by atoms with E-state index in [-0.39, 0.29) is 11.9 Å². The highest BCUT2D eigenvalue weighted by Crippen LogP contribution is 2.24. The van der Waals surface area contributed by atoms with Crippen LogP contribution in [0.2, 0.25) is 0 Å². The molecule has 1 aliphatic rings. The summed E-state index contributed by atoms with van der Waals surface area (Å²) in [5.41, 5.74) is 1.02. The second kappa shape index (κ2) is 4.39. The maximum Gasteiger partial charge on any atom is 0.124 e. The molecule has 0 aliphatic heterocycles. The molecule has 80 valence electrons. The van der Waals surface area contributed by atoms with E-state index in [2.05, 4.69) is 12.2 Å². The van der Waals surface area contributed by atoms with E-state index in [0.717, 1.165) is 24.2 Å². The van der Waals surface area contributed by atoms with Crippen molar-refractivity contribution in [2.75, 3.05) is 0 Å². The van der Waals surface area contributed by atoms with E-state index in [1.807, 2.05) is 13.0 Å². The van der Waals surface area contributed by atoms with Gasteiger partial charge in [0.2, 0.25) is 0 Å². The van der Waals surface area contributed by atoms with E-state index < -0.39 is 0 Å². The molecule has 2 nitrogen and oxygen atoms in total. The zero-order chi connectivity index (χ0) is 10.7. The molecule has 0 fully saturated rings. The summed E-state index contributed by atoms with van der Waals surface area (Å²) in [5.74, 6) is 1.02. The zero-order valence-electron chi connectivity index (χ0n) is 8.94. The number of phenolic OH excluding ortho intramolecular Hbond substituents is 1. The highest BCUT2D eigenvalue weighted by molar-refractivity contribution is 5.37. The number of hydrogen-bond acceptors (Lipinski definition) is 2. The topological polar surface area (TPSA) is 29.5 Å². The van der Waals surface area contributed by atoms with Gasteiger partial charge in [-0.25, -0.2) is 0 Å². The fourth-order valence-corrected chi connectivity index (χ4v) is 1.85. The van der Waals surface area contributed by atoms with Crippen molar-refractivity contribution in [2.24, 2.45) is 0 Å². The van der Waals surface area contributed by atoms with Crippen LogP contribution in [0.25, 0.3) is 0 Å². The smallest absolute Gasteiger partial charge is 0.124 e. The predicted octanol–water partition coefficient (Wildman–Crippen LogP) is 3.19. The van der Waals surface area contributed by atoms with E-state index in [4.69, 9.17) is 4.74 Å². The van der Waals surface area contributed by atoms with E-state index in [0.29, 0.717) is 0 Å². The van der Waals surface area contributed by atoms with Crippen LogP contribution in [0, 0.1) is 6.92 Å². The van der Waals surface area contributed by atoms with Gasteiger partial charge in [0.25, 0.3) is 0 Å². The van der Waals surface area contributed by atoms with Crippen LogP contribution in [0.5, 0.6) is 11.5 Å². The quantitative estimate of drug-likeness (QED) is 0.750. The number of rotatable bonds is 2. The number of allylic oxidation sites excluding steroid dienone is 1. The Kier molecular flexibility index (Phi) is 2.95. The fraction of sp³-hybridized carbons (Fsp3) is 0.385. The summed E-state index contributed by atoms with van der Waals surface area (Å²) in [6.45, 7) is 1.95. The van der Waals surface area contributed by atoms with Gasteiger partial charge in [-0.1, -0.05) is 6.08 Å². The van der Waals surface area contributed by atoms with Crippen molar-refractivity contribution < 1.29 is 9.84 Å². The normalized spacial score (nSPS) is 20.2. The zero-order valence-corrected chi connectivity index (χ0v) is 8.94. The minimum Gasteiger partial charge on any atom is -0.508 e. The summed E-state index contributed by atoms with van der Waals surface area (Å²) < 4.78 is 5.77. The summed E-state index contributed by atoms with van der Waals surface area (Å²) in [5, 5.41) is 9.43. The molecule has 15 heavy (non-hydrogen) atoms. The molecule has 0 saturated heterocycles. The third-order valence-electron chi connectivity index (χ3n) is 2.53. The second-order valence-corrected chi connectivity index (χ2v) is 4.02. The van der Waals surface area contributed by atoms with Gasteiger partial charge < -0.3 is 9.84 Å². The third kappa shape index (κ3) is 2.75. The lowest BCUT2D eigenvalue weighted by Gasteiger charge is -2.18. The number of aromatic hydroxyl groups is 1. The lowest BCUT2D eigenvalue weighted by molar-refractivity contribution is 0.229. The molecule has 2 heteroatoms. The maximum absolute atomic E-state index is 9.43. The molecule has 0 saturated carbocycles. The number of aryl methyl sites for hydroxylation is 1. The highest BCUT2D eigenvalue weighted by Gasteiger charge is 2.10. The van der Waals surface area contributed by atoms with Crippen molar-refractivity contribution in [2.45, 2.75) is 32.3 Å². The molecule has 2 rings (SSSR count). The lowest BCUT2D eigenvalue weighted by Crippen LogP contribution is -2.15. The number of benzene rings is 1. The third-order valence-corrected chi connectivity index (χ3v) is 2.53. The molecule has 1 unspecified atom stereocenters. The second-order valence-electron chi connectivity index (χ2n) is 4.02. The Morgan fingerprint density at radius 2 is 2.20 bits per heavy atom. The molecule has 1 aromatic rings. The molecular weight excluding hydrogens is 188 g/mol. The fourth-order valence-electron chi connectivity index (χ4n) is 1.85. The average molecular weight is 204 g/mol. The molecular formula is C13H16O2. The predicted molar refractivity (Wildman–Crippen MR) is 60.3 cm³/mol. The van der Waals surface area contributed by atoms with Crippen LogP contribution in [0.3, 0.4) is 0 Å². The minimum absolute atomic E-state index is 0.167. The summed E-state index contributed by atoms with van der Waals surface area (Å²) in [7, 11) is 0. The van der Waals surface area contributed by atoms with E-state index in [1.54, 1.807) is 12.1 Å². The Hall–Kier alpha value is -1.44. The Morgan fingerprint density at radius 3 is 2.87 bits per heavy atom. The van der Waals surface area contributed by atoms with Gasteiger partial charge in [-0.2, -0.15) is 0 Å². The van der Waals surface area contributed by atoms with E-state index >= 15 is 0 Å². The van der Waals surface area contributed by atoms with Crippen molar-refractivity contribution in [3.8, 4) is 11.5 Å². The Morgan fingerprint density at radius 1 is 1.33 bits per heavy atom. The number of phenols is 1. The summed E-state index contributed by atoms with van der Waals surface area (Å²) >= 11 is 0. The van der Waals surface area contributed by atoms with Crippen LogP contribution in [0.4, 0.5) is 0 Å². The van der Waals surface area contributed by atoms with Gasteiger partial charge in [-0.15, -0.1) is 0 Å². The van der Waals surface area contributed by atoms with Crippen LogP contribution in [-0.2, 0) is 0 Å². The molecule has 0 aromatic heterocycles. The van der Waals surface area contributed by atoms with E-state index in [9.17, 15) is 5.11 Å². The van der Waals surface area contributed by atoms with Crippen LogP contribution in [-0.4, -0.2) is 11.2 Å². The Balaban J connectivity index is 2.09. The number of hydrogen-bond donors (Lipinski definition) is 1. The SMILES string of the molecule is Cc1cc(O)cc(OC2C=CCCC2)c1. The van der Waals surface area contributed by atoms with Crippen molar-refractivity contribution >= 4 is 0 Å². The Labute approximate surface area is 90.2 Å². The molecule has 1 atom stereocenters. The molecule has 1 aromatic carbocycles. The van der Waals surface area contributed by atoms with Gasteiger partial charge in [0.15, 0.2) is 0 Å². The first-order valence-electron chi connectivity index (χ1n) is 5.38.